The van der Waals surface area contributed by atoms with E-state index in [4.69, 9.17) is 0 Å². The zero-order valence-electron chi connectivity index (χ0n) is 12.6. The number of rotatable bonds is 5. The highest BCUT2D eigenvalue weighted by Gasteiger charge is 2.18. The summed E-state index contributed by atoms with van der Waals surface area (Å²) in [5.41, 5.74) is 3.24. The molecule has 4 heteroatoms. The van der Waals surface area contributed by atoms with Gasteiger partial charge in [-0.15, -0.1) is 0 Å². The maximum Gasteiger partial charge on any atom is 0.241 e. The van der Waals surface area contributed by atoms with Crippen molar-refractivity contribution in [3.05, 3.63) is 65.2 Å². The van der Waals surface area contributed by atoms with Gasteiger partial charge in [-0.1, -0.05) is 48.9 Å². The van der Waals surface area contributed by atoms with E-state index in [0.717, 1.165) is 17.5 Å². The summed E-state index contributed by atoms with van der Waals surface area (Å²) in [6.45, 7) is 5.88. The third-order valence-electron chi connectivity index (χ3n) is 3.55. The Labute approximate surface area is 127 Å². The standard InChI is InChI=1S/C17H21NO2S/c1-4-15-7-9-16(10-8-15)14(3)18-21(19,20)17-11-5-13(2)6-12-17/h5-12,14,18H,4H2,1-3H3. The van der Waals surface area contributed by atoms with E-state index in [9.17, 15) is 8.42 Å². The molecule has 112 valence electrons. The van der Waals surface area contributed by atoms with Gasteiger partial charge in [0.25, 0.3) is 0 Å². The van der Waals surface area contributed by atoms with Crippen LogP contribution < -0.4 is 4.72 Å². The summed E-state index contributed by atoms with van der Waals surface area (Å²) < 4.78 is 27.4. The van der Waals surface area contributed by atoms with Crippen molar-refractivity contribution < 1.29 is 8.42 Å². The van der Waals surface area contributed by atoms with Gasteiger partial charge in [0.05, 0.1) is 4.90 Å². The molecule has 0 amide bonds. The zero-order valence-corrected chi connectivity index (χ0v) is 13.4. The van der Waals surface area contributed by atoms with E-state index in [1.165, 1.54) is 5.56 Å². The lowest BCUT2D eigenvalue weighted by Crippen LogP contribution is -2.26. The molecule has 2 aromatic carbocycles. The molecule has 0 fully saturated rings. The van der Waals surface area contributed by atoms with Crippen LogP contribution >= 0.6 is 0 Å². The van der Waals surface area contributed by atoms with Crippen molar-refractivity contribution in [1.82, 2.24) is 4.72 Å². The van der Waals surface area contributed by atoms with E-state index < -0.39 is 10.0 Å². The minimum Gasteiger partial charge on any atom is -0.207 e. The lowest BCUT2D eigenvalue weighted by Gasteiger charge is -2.15. The number of sulfonamides is 1. The van der Waals surface area contributed by atoms with Gasteiger partial charge in [0.1, 0.15) is 0 Å². The maximum absolute atomic E-state index is 12.3. The summed E-state index contributed by atoms with van der Waals surface area (Å²) in [7, 11) is -3.49. The van der Waals surface area contributed by atoms with Crippen LogP contribution in [0.1, 0.15) is 36.6 Å². The maximum atomic E-state index is 12.3. The van der Waals surface area contributed by atoms with Crippen LogP contribution in [0.2, 0.25) is 0 Å². The number of aryl methyl sites for hydroxylation is 2. The molecule has 0 saturated carbocycles. The monoisotopic (exact) mass is 303 g/mol. The molecule has 1 unspecified atom stereocenters. The SMILES string of the molecule is CCc1ccc(C(C)NS(=O)(=O)c2ccc(C)cc2)cc1. The molecule has 0 heterocycles. The van der Waals surface area contributed by atoms with Gasteiger partial charge in [-0.05, 0) is 43.5 Å². The molecule has 21 heavy (non-hydrogen) atoms. The van der Waals surface area contributed by atoms with E-state index >= 15 is 0 Å². The molecule has 1 N–H and O–H groups in total. The van der Waals surface area contributed by atoms with Gasteiger partial charge in [-0.3, -0.25) is 0 Å². The second-order valence-corrected chi connectivity index (χ2v) is 6.97. The Morgan fingerprint density at radius 2 is 1.57 bits per heavy atom. The first-order valence-corrected chi connectivity index (χ1v) is 8.58. The van der Waals surface area contributed by atoms with Gasteiger partial charge in [0.2, 0.25) is 10.0 Å². The third-order valence-corrected chi connectivity index (χ3v) is 5.11. The first kappa shape index (κ1) is 15.7. The highest BCUT2D eigenvalue weighted by atomic mass is 32.2. The summed E-state index contributed by atoms with van der Waals surface area (Å²) >= 11 is 0. The molecule has 0 saturated heterocycles. The first-order valence-electron chi connectivity index (χ1n) is 7.10. The fourth-order valence-electron chi connectivity index (χ4n) is 2.13. The highest BCUT2D eigenvalue weighted by molar-refractivity contribution is 7.89. The lowest BCUT2D eigenvalue weighted by molar-refractivity contribution is 0.567. The van der Waals surface area contributed by atoms with Crippen molar-refractivity contribution in [1.29, 1.82) is 0 Å². The predicted molar refractivity (Wildman–Crippen MR) is 85.7 cm³/mol. The van der Waals surface area contributed by atoms with Crippen LogP contribution in [0, 0.1) is 6.92 Å². The van der Waals surface area contributed by atoms with Crippen molar-refractivity contribution in [2.75, 3.05) is 0 Å². The Morgan fingerprint density at radius 1 is 1.00 bits per heavy atom. The lowest BCUT2D eigenvalue weighted by atomic mass is 10.1. The number of nitrogens with one attached hydrogen (secondary N) is 1. The summed E-state index contributed by atoms with van der Waals surface area (Å²) in [4.78, 5) is 0.296. The predicted octanol–water partition coefficient (Wildman–Crippen LogP) is 3.60. The van der Waals surface area contributed by atoms with E-state index in [0.29, 0.717) is 4.90 Å². The third kappa shape index (κ3) is 3.93. The summed E-state index contributed by atoms with van der Waals surface area (Å²) in [5, 5.41) is 0. The van der Waals surface area contributed by atoms with Gasteiger partial charge in [0.15, 0.2) is 0 Å². The Balaban J connectivity index is 2.17. The van der Waals surface area contributed by atoms with Crippen LogP contribution in [0.15, 0.2) is 53.4 Å². The van der Waals surface area contributed by atoms with Crippen LogP contribution in [0.5, 0.6) is 0 Å². The first-order chi connectivity index (χ1) is 9.92. The minimum absolute atomic E-state index is 0.262. The molecule has 2 aromatic rings. The van der Waals surface area contributed by atoms with Crippen molar-refractivity contribution in [2.24, 2.45) is 0 Å². The van der Waals surface area contributed by atoms with Gasteiger partial charge in [-0.25, -0.2) is 13.1 Å². The topological polar surface area (TPSA) is 46.2 Å². The summed E-state index contributed by atoms with van der Waals surface area (Å²) in [5.74, 6) is 0. The number of benzene rings is 2. The van der Waals surface area contributed by atoms with Gasteiger partial charge in [0, 0.05) is 6.04 Å². The zero-order chi connectivity index (χ0) is 15.5. The van der Waals surface area contributed by atoms with Crippen molar-refractivity contribution in [3.63, 3.8) is 0 Å². The average Bonchev–Trinajstić information content (AvgIpc) is 2.47. The second kappa shape index (κ2) is 6.41. The molecule has 3 nitrogen and oxygen atoms in total. The van der Waals surface area contributed by atoms with Gasteiger partial charge < -0.3 is 0 Å². The van der Waals surface area contributed by atoms with Crippen LogP contribution in [0.25, 0.3) is 0 Å². The summed E-state index contributed by atoms with van der Waals surface area (Å²) in [6, 6.07) is 14.6. The Morgan fingerprint density at radius 3 is 2.10 bits per heavy atom. The van der Waals surface area contributed by atoms with Crippen molar-refractivity contribution in [2.45, 2.75) is 38.1 Å². The molecule has 2 rings (SSSR count). The second-order valence-electron chi connectivity index (χ2n) is 5.25. The van der Waals surface area contributed by atoms with Crippen LogP contribution in [0.3, 0.4) is 0 Å². The van der Waals surface area contributed by atoms with E-state index in [1.807, 2.05) is 38.1 Å². The molecule has 0 aliphatic rings. The molecular weight excluding hydrogens is 282 g/mol. The minimum atomic E-state index is -3.49. The summed E-state index contributed by atoms with van der Waals surface area (Å²) in [6.07, 6.45) is 0.976. The van der Waals surface area contributed by atoms with Crippen LogP contribution in [-0.4, -0.2) is 8.42 Å². The fraction of sp³-hybridized carbons (Fsp3) is 0.294. The van der Waals surface area contributed by atoms with Crippen LogP contribution in [0.4, 0.5) is 0 Å². The van der Waals surface area contributed by atoms with Gasteiger partial charge in [-0.2, -0.15) is 0 Å². The van der Waals surface area contributed by atoms with E-state index in [1.54, 1.807) is 24.3 Å². The fourth-order valence-corrected chi connectivity index (χ4v) is 3.36. The normalized spacial score (nSPS) is 13.1. The Hall–Kier alpha value is -1.65. The van der Waals surface area contributed by atoms with Gasteiger partial charge >= 0.3 is 0 Å². The molecule has 0 aliphatic carbocycles. The van der Waals surface area contributed by atoms with E-state index in [2.05, 4.69) is 11.6 Å². The van der Waals surface area contributed by atoms with Crippen LogP contribution in [-0.2, 0) is 16.4 Å². The Bertz CT molecular complexity index is 689. The average molecular weight is 303 g/mol. The van der Waals surface area contributed by atoms with Crippen molar-refractivity contribution in [3.8, 4) is 0 Å². The molecule has 0 spiro atoms. The largest absolute Gasteiger partial charge is 0.241 e. The van der Waals surface area contributed by atoms with Crippen molar-refractivity contribution >= 4 is 10.0 Å². The molecule has 0 aliphatic heterocycles. The Kier molecular flexibility index (Phi) is 4.80. The quantitative estimate of drug-likeness (QED) is 0.917. The number of hydrogen-bond acceptors (Lipinski definition) is 2. The molecule has 0 aromatic heterocycles. The van der Waals surface area contributed by atoms with E-state index in [-0.39, 0.29) is 6.04 Å². The molecule has 0 radical (unpaired) electrons. The number of hydrogen-bond donors (Lipinski definition) is 1. The highest BCUT2D eigenvalue weighted by Crippen LogP contribution is 2.18. The molecule has 0 bridgehead atoms. The molecule has 1 atom stereocenters. The molecular formula is C17H21NO2S. The smallest absolute Gasteiger partial charge is 0.207 e.